The van der Waals surface area contributed by atoms with E-state index in [0.29, 0.717) is 37.4 Å². The second-order valence-electron chi connectivity index (χ2n) is 7.74. The minimum atomic E-state index is -0.371. The Balaban J connectivity index is 1.58. The minimum absolute atomic E-state index is 0.0958. The van der Waals surface area contributed by atoms with Crippen LogP contribution in [0.3, 0.4) is 0 Å². The highest BCUT2D eigenvalue weighted by Gasteiger charge is 2.26. The Hall–Kier alpha value is -3.15. The Morgan fingerprint density at radius 1 is 1.31 bits per heavy atom. The molecule has 2 aromatic heterocycles. The van der Waals surface area contributed by atoms with Crippen LogP contribution in [0.4, 0.5) is 5.95 Å². The Morgan fingerprint density at radius 2 is 2.00 bits per heavy atom. The van der Waals surface area contributed by atoms with Crippen molar-refractivity contribution in [2.45, 2.75) is 45.4 Å². The van der Waals surface area contributed by atoms with E-state index >= 15 is 0 Å². The van der Waals surface area contributed by atoms with Gasteiger partial charge in [0.2, 0.25) is 11.9 Å². The van der Waals surface area contributed by atoms with Crippen LogP contribution in [0, 0.1) is 25.2 Å². The van der Waals surface area contributed by atoms with Crippen LogP contribution >= 0.6 is 0 Å². The van der Waals surface area contributed by atoms with Crippen LogP contribution < -0.4 is 10.5 Å². The fraction of sp³-hybridized carbons (Fsp3) is 0.550. The lowest BCUT2D eigenvalue weighted by Crippen LogP contribution is -2.38. The van der Waals surface area contributed by atoms with E-state index in [0.717, 1.165) is 29.9 Å². The first kappa shape index (κ1) is 20.6. The SMILES string of the molecule is Cc1[nH]c(=O)c(C#N)c(C)c1CCC(=O)N1CCC(c2nc(N(C)C)n[nH]2)CC1. The lowest BCUT2D eigenvalue weighted by Gasteiger charge is -2.31. The Morgan fingerprint density at radius 3 is 2.59 bits per heavy atom. The number of rotatable bonds is 5. The number of nitriles is 1. The molecule has 3 heterocycles. The molecule has 0 bridgehead atoms. The molecule has 9 heteroatoms. The molecule has 1 amide bonds. The molecule has 1 aliphatic rings. The van der Waals surface area contributed by atoms with Crippen LogP contribution in [0.15, 0.2) is 4.79 Å². The molecule has 0 aliphatic carbocycles. The van der Waals surface area contributed by atoms with Gasteiger partial charge in [0.1, 0.15) is 17.5 Å². The summed E-state index contributed by atoms with van der Waals surface area (Å²) in [6, 6.07) is 1.96. The average molecular weight is 397 g/mol. The van der Waals surface area contributed by atoms with Gasteiger partial charge in [-0.15, -0.1) is 5.10 Å². The molecule has 3 rings (SSSR count). The fourth-order valence-electron chi connectivity index (χ4n) is 3.86. The van der Waals surface area contributed by atoms with E-state index in [4.69, 9.17) is 0 Å². The number of carbonyl (C=O) groups is 1. The Kier molecular flexibility index (Phi) is 6.01. The third-order valence-corrected chi connectivity index (χ3v) is 5.63. The van der Waals surface area contributed by atoms with Gasteiger partial charge in [-0.3, -0.25) is 14.7 Å². The van der Waals surface area contributed by atoms with Crippen molar-refractivity contribution in [3.63, 3.8) is 0 Å². The van der Waals surface area contributed by atoms with Crippen LogP contribution in [0.25, 0.3) is 0 Å². The summed E-state index contributed by atoms with van der Waals surface area (Å²) in [6.07, 6.45) is 2.57. The Bertz CT molecular complexity index is 991. The van der Waals surface area contributed by atoms with Crippen molar-refractivity contribution in [2.24, 2.45) is 0 Å². The van der Waals surface area contributed by atoms with E-state index < -0.39 is 0 Å². The molecule has 29 heavy (non-hydrogen) atoms. The maximum atomic E-state index is 12.7. The van der Waals surface area contributed by atoms with Gasteiger partial charge < -0.3 is 14.8 Å². The number of pyridine rings is 1. The second-order valence-corrected chi connectivity index (χ2v) is 7.74. The van der Waals surface area contributed by atoms with Crippen molar-refractivity contribution in [1.29, 1.82) is 5.26 Å². The molecule has 0 atom stereocenters. The number of aromatic nitrogens is 4. The maximum Gasteiger partial charge on any atom is 0.266 e. The largest absolute Gasteiger partial charge is 0.346 e. The highest BCUT2D eigenvalue weighted by Crippen LogP contribution is 2.27. The second kappa shape index (κ2) is 8.47. The third-order valence-electron chi connectivity index (χ3n) is 5.63. The maximum absolute atomic E-state index is 12.7. The first-order chi connectivity index (χ1) is 13.8. The number of anilines is 1. The first-order valence-electron chi connectivity index (χ1n) is 9.81. The highest BCUT2D eigenvalue weighted by atomic mass is 16.2. The van der Waals surface area contributed by atoms with E-state index in [2.05, 4.69) is 20.2 Å². The van der Waals surface area contributed by atoms with Gasteiger partial charge in [-0.1, -0.05) is 0 Å². The van der Waals surface area contributed by atoms with Gasteiger partial charge in [-0.05, 0) is 44.2 Å². The summed E-state index contributed by atoms with van der Waals surface area (Å²) in [5.41, 5.74) is 2.03. The van der Waals surface area contributed by atoms with Crippen molar-refractivity contribution in [3.8, 4) is 6.07 Å². The van der Waals surface area contributed by atoms with Gasteiger partial charge >= 0.3 is 0 Å². The molecule has 1 fully saturated rings. The van der Waals surface area contributed by atoms with Crippen molar-refractivity contribution in [1.82, 2.24) is 25.1 Å². The van der Waals surface area contributed by atoms with Gasteiger partial charge in [0.25, 0.3) is 5.56 Å². The molecule has 154 valence electrons. The third kappa shape index (κ3) is 4.31. The predicted octanol–water partition coefficient (Wildman–Crippen LogP) is 1.39. The lowest BCUT2D eigenvalue weighted by atomic mass is 9.95. The normalized spacial score (nSPS) is 14.7. The first-order valence-corrected chi connectivity index (χ1v) is 9.81. The minimum Gasteiger partial charge on any atom is -0.346 e. The number of aryl methyl sites for hydroxylation is 1. The average Bonchev–Trinajstić information content (AvgIpc) is 3.18. The van der Waals surface area contributed by atoms with Gasteiger partial charge in [-0.25, -0.2) is 0 Å². The zero-order valence-electron chi connectivity index (χ0n) is 17.4. The van der Waals surface area contributed by atoms with Crippen molar-refractivity contribution in [2.75, 3.05) is 32.1 Å². The van der Waals surface area contributed by atoms with E-state index in [9.17, 15) is 14.9 Å². The summed E-state index contributed by atoms with van der Waals surface area (Å²) in [7, 11) is 3.80. The summed E-state index contributed by atoms with van der Waals surface area (Å²) in [5, 5.41) is 16.4. The molecule has 1 saturated heterocycles. The molecule has 9 nitrogen and oxygen atoms in total. The highest BCUT2D eigenvalue weighted by molar-refractivity contribution is 5.76. The number of nitrogens with zero attached hydrogens (tertiary/aromatic N) is 5. The number of aromatic amines is 2. The number of H-pyrrole nitrogens is 2. The van der Waals surface area contributed by atoms with Crippen LogP contribution in [0.5, 0.6) is 0 Å². The summed E-state index contributed by atoms with van der Waals surface area (Å²) < 4.78 is 0. The molecule has 0 spiro atoms. The summed E-state index contributed by atoms with van der Waals surface area (Å²) in [6.45, 7) is 4.95. The van der Waals surface area contributed by atoms with E-state index in [1.54, 1.807) is 13.8 Å². The summed E-state index contributed by atoms with van der Waals surface area (Å²) in [5.74, 6) is 1.92. The monoisotopic (exact) mass is 397 g/mol. The van der Waals surface area contributed by atoms with Crippen molar-refractivity contribution < 1.29 is 4.79 Å². The number of amides is 1. The van der Waals surface area contributed by atoms with Gasteiger partial charge in [0, 0.05) is 45.2 Å². The summed E-state index contributed by atoms with van der Waals surface area (Å²) >= 11 is 0. The van der Waals surface area contributed by atoms with Gasteiger partial charge in [0.15, 0.2) is 0 Å². The van der Waals surface area contributed by atoms with Gasteiger partial charge in [0.05, 0.1) is 0 Å². The number of carbonyl (C=O) groups excluding carboxylic acids is 1. The standard InChI is InChI=1S/C20H27N7O2/c1-12-15(13(2)22-19(29)16(12)11-21)5-6-17(28)27-9-7-14(8-10-27)18-23-20(25-24-18)26(3)4/h14H,5-10H2,1-4H3,(H,22,29)(H,23,24,25). The number of piperidine rings is 1. The van der Waals surface area contributed by atoms with Crippen molar-refractivity contribution >= 4 is 11.9 Å². The molecular formula is C20H27N7O2. The number of likely N-dealkylation sites (tertiary alicyclic amines) is 1. The quantitative estimate of drug-likeness (QED) is 0.786. The smallest absolute Gasteiger partial charge is 0.266 e. The van der Waals surface area contributed by atoms with Crippen LogP contribution in [0.1, 0.15) is 53.4 Å². The number of hydrogen-bond donors (Lipinski definition) is 2. The fourth-order valence-corrected chi connectivity index (χ4v) is 3.86. The number of nitrogens with one attached hydrogen (secondary N) is 2. The van der Waals surface area contributed by atoms with E-state index in [1.807, 2.05) is 30.0 Å². The predicted molar refractivity (Wildman–Crippen MR) is 109 cm³/mol. The van der Waals surface area contributed by atoms with Gasteiger partial charge in [-0.2, -0.15) is 10.2 Å². The van der Waals surface area contributed by atoms with Crippen LogP contribution in [0.2, 0.25) is 0 Å². The van der Waals surface area contributed by atoms with E-state index in [-0.39, 0.29) is 22.9 Å². The molecule has 0 unspecified atom stereocenters. The molecule has 2 N–H and O–H groups in total. The zero-order valence-corrected chi connectivity index (χ0v) is 17.4. The Labute approximate surface area is 169 Å². The molecular weight excluding hydrogens is 370 g/mol. The molecule has 0 aromatic carbocycles. The zero-order chi connectivity index (χ0) is 21.1. The molecule has 2 aromatic rings. The topological polar surface area (TPSA) is 122 Å². The number of hydrogen-bond acceptors (Lipinski definition) is 6. The lowest BCUT2D eigenvalue weighted by molar-refractivity contribution is -0.132. The molecule has 0 saturated carbocycles. The molecule has 1 aliphatic heterocycles. The summed E-state index contributed by atoms with van der Waals surface area (Å²) in [4.78, 5) is 35.5. The van der Waals surface area contributed by atoms with Crippen LogP contribution in [-0.4, -0.2) is 58.2 Å². The molecule has 0 radical (unpaired) electrons. The van der Waals surface area contributed by atoms with E-state index in [1.165, 1.54) is 0 Å². The van der Waals surface area contributed by atoms with Crippen LogP contribution in [-0.2, 0) is 11.2 Å². The van der Waals surface area contributed by atoms with Crippen molar-refractivity contribution in [3.05, 3.63) is 38.6 Å².